The molecule has 0 unspecified atom stereocenters. The Morgan fingerprint density at radius 3 is 1.15 bits per heavy atom. The van der Waals surface area contributed by atoms with Crippen LogP contribution in [0.2, 0.25) is 0 Å². The van der Waals surface area contributed by atoms with Crippen LogP contribution in [-0.4, -0.2) is 255 Å². The maximum atomic E-state index is 14.3. The highest BCUT2D eigenvalue weighted by molar-refractivity contribution is 7.98. The minimum absolute atomic E-state index is 0.00629. The van der Waals surface area contributed by atoms with Crippen LogP contribution in [0.1, 0.15) is 160 Å². The first kappa shape index (κ1) is 98.7. The van der Waals surface area contributed by atoms with Gasteiger partial charge in [0, 0.05) is 6.42 Å². The predicted octanol–water partition coefficient (Wildman–Crippen LogP) is -6.22. The molecule has 25 N–H and O–H groups in total. The Labute approximate surface area is 632 Å². The van der Waals surface area contributed by atoms with Gasteiger partial charge in [-0.2, -0.15) is 11.8 Å². The topological polar surface area (TPSA) is 655 Å². The lowest BCUT2D eigenvalue weighted by molar-refractivity contribution is -0.143. The van der Waals surface area contributed by atoms with Crippen molar-refractivity contribution < 1.29 is 112 Å². The van der Waals surface area contributed by atoms with Gasteiger partial charge in [0.05, 0.1) is 32.6 Å². The van der Waals surface area contributed by atoms with Gasteiger partial charge in [0.2, 0.25) is 88.6 Å². The van der Waals surface area contributed by atoms with Crippen molar-refractivity contribution in [3.8, 4) is 0 Å². The van der Waals surface area contributed by atoms with Gasteiger partial charge in [0.15, 0.2) is 0 Å². The van der Waals surface area contributed by atoms with Gasteiger partial charge < -0.3 is 117 Å². The monoisotopic (exact) mass is 1560 g/mol. The van der Waals surface area contributed by atoms with Crippen LogP contribution in [0, 0.1) is 29.6 Å². The van der Waals surface area contributed by atoms with E-state index in [1.54, 1.807) is 61.6 Å². The zero-order valence-electron chi connectivity index (χ0n) is 63.7. The molecule has 0 saturated carbocycles. The molecule has 614 valence electrons. The average molecular weight is 1560 g/mol. The van der Waals surface area contributed by atoms with Gasteiger partial charge in [-0.05, 0) is 113 Å². The Kier molecular flexibility index (Phi) is 46.6. The van der Waals surface area contributed by atoms with Crippen molar-refractivity contribution in [1.29, 1.82) is 0 Å². The van der Waals surface area contributed by atoms with Crippen LogP contribution in [0.15, 0.2) is 0 Å². The highest BCUT2D eigenvalue weighted by atomic mass is 32.2. The van der Waals surface area contributed by atoms with Gasteiger partial charge in [0.25, 0.3) is 0 Å². The van der Waals surface area contributed by atoms with Gasteiger partial charge in [-0.1, -0.05) is 75.7 Å². The molecule has 15 atom stereocenters. The zero-order valence-corrected chi connectivity index (χ0v) is 64.5. The number of carboxylic acids is 3. The Bertz CT molecular complexity index is 3070. The summed E-state index contributed by atoms with van der Waals surface area (Å²) in [4.78, 5) is 239. The Morgan fingerprint density at radius 1 is 0.370 bits per heavy atom. The fourth-order valence-electron chi connectivity index (χ4n) is 10.3. The van der Waals surface area contributed by atoms with Gasteiger partial charge in [-0.3, -0.25) is 81.5 Å². The number of hydrogen-bond donors (Lipinski definition) is 22. The zero-order chi connectivity index (χ0) is 83.0. The highest BCUT2D eigenvalue weighted by Gasteiger charge is 2.39. The first-order valence-electron chi connectivity index (χ1n) is 35.7. The summed E-state index contributed by atoms with van der Waals surface area (Å²) >= 11 is 1.28. The van der Waals surface area contributed by atoms with Crippen LogP contribution < -0.4 is 91.6 Å². The Balaban J connectivity index is 6.66. The van der Waals surface area contributed by atoms with E-state index in [9.17, 15) is 112 Å². The van der Waals surface area contributed by atoms with Crippen LogP contribution in [-0.2, 0) is 86.3 Å². The molecule has 41 heteroatoms. The maximum Gasteiger partial charge on any atom is 0.326 e. The molecule has 0 aliphatic carbocycles. The number of carbonyl (C=O) groups is 18. The minimum Gasteiger partial charge on any atom is -0.481 e. The number of thioether (sulfide) groups is 1. The summed E-state index contributed by atoms with van der Waals surface area (Å²) in [5.74, 6) is -21.8. The summed E-state index contributed by atoms with van der Waals surface area (Å²) in [5, 5.41) is 83.0. The number of nitrogens with two attached hydrogens (primary N) is 3. The second kappa shape index (κ2) is 51.1. The normalized spacial score (nSPS) is 15.4. The number of amides is 15. The molecule has 0 aliphatic heterocycles. The molecule has 15 amide bonds. The molecular weight excluding hydrogens is 1440 g/mol. The van der Waals surface area contributed by atoms with Gasteiger partial charge >= 0.3 is 17.9 Å². The third kappa shape index (κ3) is 37.9. The lowest BCUT2D eigenvalue weighted by Crippen LogP contribution is -2.62. The lowest BCUT2D eigenvalue weighted by atomic mass is 9.97. The minimum atomic E-state index is -1.93. The molecule has 40 nitrogen and oxygen atoms in total. The third-order valence-electron chi connectivity index (χ3n) is 16.5. The second-order valence-electron chi connectivity index (χ2n) is 27.8. The summed E-state index contributed by atoms with van der Waals surface area (Å²) in [6.07, 6.45) is -0.951. The van der Waals surface area contributed by atoms with Crippen LogP contribution in [0.3, 0.4) is 0 Å². The van der Waals surface area contributed by atoms with Crippen LogP contribution in [0.5, 0.6) is 0 Å². The second-order valence-corrected chi connectivity index (χ2v) is 28.8. The number of carbonyl (C=O) groups excluding carboxylic acids is 15. The number of unbranched alkanes of at least 4 members (excludes halogenated alkanes) is 1. The molecule has 0 aromatic carbocycles. The van der Waals surface area contributed by atoms with Crippen molar-refractivity contribution >= 4 is 118 Å². The molecular formula is C67H117N17O23S. The number of hydrogen-bond acceptors (Lipinski definition) is 23. The number of aliphatic hydroxyl groups excluding tert-OH is 2. The van der Waals surface area contributed by atoms with Gasteiger partial charge in [0.1, 0.15) is 84.6 Å². The van der Waals surface area contributed by atoms with Gasteiger partial charge in [-0.15, -0.1) is 0 Å². The van der Waals surface area contributed by atoms with Crippen molar-refractivity contribution in [1.82, 2.24) is 74.4 Å². The predicted molar refractivity (Wildman–Crippen MR) is 391 cm³/mol. The number of rotatable bonds is 54. The first-order valence-corrected chi connectivity index (χ1v) is 37.1. The molecule has 0 bridgehead atoms. The Morgan fingerprint density at radius 2 is 0.722 bits per heavy atom. The van der Waals surface area contributed by atoms with Crippen molar-refractivity contribution in [2.75, 3.05) is 38.3 Å². The lowest BCUT2D eigenvalue weighted by Gasteiger charge is -2.29. The van der Waals surface area contributed by atoms with E-state index in [1.807, 2.05) is 0 Å². The largest absolute Gasteiger partial charge is 0.481 e. The van der Waals surface area contributed by atoms with E-state index in [-0.39, 0.29) is 69.1 Å². The number of primary amides is 1. The highest BCUT2D eigenvalue weighted by Crippen LogP contribution is 2.15. The van der Waals surface area contributed by atoms with E-state index in [1.165, 1.54) is 25.6 Å². The molecule has 0 aromatic rings. The van der Waals surface area contributed by atoms with E-state index in [0.29, 0.717) is 6.42 Å². The van der Waals surface area contributed by atoms with E-state index in [0.717, 1.165) is 13.8 Å². The van der Waals surface area contributed by atoms with Crippen molar-refractivity contribution in [3.05, 3.63) is 0 Å². The summed E-state index contributed by atoms with van der Waals surface area (Å²) in [6.45, 7) is 16.4. The van der Waals surface area contributed by atoms with Gasteiger partial charge in [-0.25, -0.2) is 4.79 Å². The van der Waals surface area contributed by atoms with Crippen LogP contribution >= 0.6 is 11.8 Å². The van der Waals surface area contributed by atoms with Crippen LogP contribution in [0.25, 0.3) is 0 Å². The molecule has 0 spiro atoms. The van der Waals surface area contributed by atoms with E-state index >= 15 is 0 Å². The van der Waals surface area contributed by atoms with Crippen molar-refractivity contribution in [2.24, 2.45) is 46.8 Å². The van der Waals surface area contributed by atoms with Crippen LogP contribution in [0.4, 0.5) is 0 Å². The SMILES string of the molecule is CC[C@H](C)[C@H](NC(=O)[C@H](CO)NC(=O)[C@H](CCC(=O)O)NC(=O)[C@H](C)NC(=O)[C@H](CC(C)C)NC(=O)[C@H](CC(=O)O)NC(=O)[C@H](C)NC(=O)[C@@H](NC(=O)[C@H](CO)NC(=O)[C@H](CC(C)C)NC(=O)CN)C(C)C)C(=O)N[C@@H](CCSC)C(=O)N[C@@H](CCCCN)C(=O)N[C@@H](CC(N)=O)C(=O)N[C@@H](CC(C)C)C(=O)O. The summed E-state index contributed by atoms with van der Waals surface area (Å²) in [6, 6.07) is -22.1. The van der Waals surface area contributed by atoms with E-state index < -0.39 is 254 Å². The number of carboxylic acid groups (broad SMARTS) is 3. The quantitative estimate of drug-likeness (QED) is 0.0252. The van der Waals surface area contributed by atoms with Crippen molar-refractivity contribution in [3.63, 3.8) is 0 Å². The maximum absolute atomic E-state index is 14.3. The van der Waals surface area contributed by atoms with E-state index in [4.69, 9.17) is 17.2 Å². The summed E-state index contributed by atoms with van der Waals surface area (Å²) in [5.41, 5.74) is 16.5. The summed E-state index contributed by atoms with van der Waals surface area (Å²) < 4.78 is 0. The van der Waals surface area contributed by atoms with Crippen molar-refractivity contribution in [2.45, 2.75) is 245 Å². The fraction of sp³-hybridized carbons (Fsp3) is 0.731. The molecule has 0 heterocycles. The number of nitrogens with one attached hydrogen (secondary N) is 14. The fourth-order valence-corrected chi connectivity index (χ4v) is 10.8. The molecule has 108 heavy (non-hydrogen) atoms. The first-order chi connectivity index (χ1) is 50.4. The number of aliphatic carboxylic acids is 3. The molecule has 0 fully saturated rings. The van der Waals surface area contributed by atoms with E-state index in [2.05, 4.69) is 74.4 Å². The Hall–Kier alpha value is -9.35. The third-order valence-corrected chi connectivity index (χ3v) is 17.2. The molecule has 0 saturated heterocycles. The number of aliphatic hydroxyl groups is 2. The summed E-state index contributed by atoms with van der Waals surface area (Å²) in [7, 11) is 0. The molecule has 0 rings (SSSR count). The standard InChI is InChI=1S/C67H117N17O23S/c1-14-35(10)53(66(105)76-40(20-22-108-13)58(97)75-38(17-15-16-21-68)56(95)79-43(26-48(70)87)61(100)80-45(67(106)107)25-33(6)7)84-64(103)47(30-86)81-57(96)39(18-19-50(89)90)74-54(93)36(11)71-59(98)42(24-32(4)5)78-62(101)44(27-51(91)92)77-55(94)37(12)72-65(104)52(34(8)9)83-63(102)46(29-85)82-60(99)41(23-31(2)3)73-49(88)28-69/h31-47,52-53,85-86H,14-30,68-69H2,1-13H3,(H2,70,87)(H,71,98)(H,72,104)(H,73,88)(H,74,93)(H,75,97)(H,76,105)(H,77,94)(H,78,101)(H,79,95)(H,80,100)(H,81,96)(H,82,99)(H,83,102)(H,84,103)(H,89,90)(H,91,92)(H,106,107)/t35-,36-,37-,38-,39-,40-,41-,42-,43-,44-,45-,46-,47-,52-,53-/m0/s1. The molecule has 0 radical (unpaired) electrons. The smallest absolute Gasteiger partial charge is 0.326 e. The average Bonchev–Trinajstić information content (AvgIpc) is 0.855. The molecule has 0 aliphatic rings. The molecule has 0 aromatic heterocycles.